The molecule has 1 N–H and O–H groups in total. The van der Waals surface area contributed by atoms with Gasteiger partial charge in [-0.15, -0.1) is 0 Å². The van der Waals surface area contributed by atoms with Gasteiger partial charge in [0.05, 0.1) is 5.60 Å². The fourth-order valence-electron chi connectivity index (χ4n) is 1.87. The SMILES string of the molecule is CC(C)C(C)(O)c1cccc2ccncc12. The molecule has 1 aromatic heterocycles. The molecular formula is C14H17NO. The van der Waals surface area contributed by atoms with Gasteiger partial charge in [-0.3, -0.25) is 4.98 Å². The third kappa shape index (κ3) is 1.69. The lowest BCUT2D eigenvalue weighted by Gasteiger charge is -2.29. The summed E-state index contributed by atoms with van der Waals surface area (Å²) in [7, 11) is 0. The van der Waals surface area contributed by atoms with Crippen LogP contribution in [0.1, 0.15) is 26.3 Å². The van der Waals surface area contributed by atoms with Gasteiger partial charge < -0.3 is 5.11 Å². The average Bonchev–Trinajstić information content (AvgIpc) is 2.28. The molecule has 0 spiro atoms. The number of rotatable bonds is 2. The second-order valence-corrected chi connectivity index (χ2v) is 4.70. The molecule has 0 aliphatic carbocycles. The lowest BCUT2D eigenvalue weighted by atomic mass is 9.83. The lowest BCUT2D eigenvalue weighted by molar-refractivity contribution is 0.0105. The molecule has 0 bridgehead atoms. The van der Waals surface area contributed by atoms with Crippen molar-refractivity contribution in [3.63, 3.8) is 0 Å². The van der Waals surface area contributed by atoms with Gasteiger partial charge in [0.1, 0.15) is 0 Å². The second-order valence-electron chi connectivity index (χ2n) is 4.70. The number of hydrogen-bond acceptors (Lipinski definition) is 2. The van der Waals surface area contributed by atoms with Crippen molar-refractivity contribution in [2.24, 2.45) is 5.92 Å². The van der Waals surface area contributed by atoms with Crippen molar-refractivity contribution in [1.82, 2.24) is 4.98 Å². The minimum absolute atomic E-state index is 0.165. The molecule has 0 saturated carbocycles. The van der Waals surface area contributed by atoms with Crippen LogP contribution in [0, 0.1) is 5.92 Å². The van der Waals surface area contributed by atoms with Crippen molar-refractivity contribution in [3.8, 4) is 0 Å². The van der Waals surface area contributed by atoms with Crippen LogP contribution in [-0.2, 0) is 5.60 Å². The Labute approximate surface area is 96.0 Å². The minimum atomic E-state index is -0.817. The van der Waals surface area contributed by atoms with E-state index >= 15 is 0 Å². The first kappa shape index (κ1) is 11.1. The highest BCUT2D eigenvalue weighted by Crippen LogP contribution is 2.33. The van der Waals surface area contributed by atoms with E-state index in [0.29, 0.717) is 0 Å². The summed E-state index contributed by atoms with van der Waals surface area (Å²) in [5.74, 6) is 0.165. The van der Waals surface area contributed by atoms with Crippen molar-refractivity contribution in [2.45, 2.75) is 26.4 Å². The minimum Gasteiger partial charge on any atom is -0.385 e. The maximum atomic E-state index is 10.5. The molecule has 2 aromatic rings. The Bertz CT molecular complexity index is 498. The molecule has 1 heterocycles. The molecule has 0 aliphatic heterocycles. The van der Waals surface area contributed by atoms with E-state index in [-0.39, 0.29) is 5.92 Å². The van der Waals surface area contributed by atoms with E-state index in [1.807, 2.05) is 51.2 Å². The van der Waals surface area contributed by atoms with E-state index in [1.54, 1.807) is 6.20 Å². The summed E-state index contributed by atoms with van der Waals surface area (Å²) in [6, 6.07) is 7.96. The maximum Gasteiger partial charge on any atom is 0.0897 e. The van der Waals surface area contributed by atoms with Crippen LogP contribution in [0.15, 0.2) is 36.7 Å². The van der Waals surface area contributed by atoms with Gasteiger partial charge in [0.25, 0.3) is 0 Å². The number of fused-ring (bicyclic) bond motifs is 1. The van der Waals surface area contributed by atoms with Crippen LogP contribution in [-0.4, -0.2) is 10.1 Å². The van der Waals surface area contributed by atoms with E-state index < -0.39 is 5.60 Å². The predicted octanol–water partition coefficient (Wildman–Crippen LogP) is 3.10. The van der Waals surface area contributed by atoms with E-state index in [0.717, 1.165) is 16.3 Å². The smallest absolute Gasteiger partial charge is 0.0897 e. The lowest BCUT2D eigenvalue weighted by Crippen LogP contribution is -2.28. The van der Waals surface area contributed by atoms with Gasteiger partial charge in [0.2, 0.25) is 0 Å². The van der Waals surface area contributed by atoms with Crippen molar-refractivity contribution in [3.05, 3.63) is 42.2 Å². The molecule has 16 heavy (non-hydrogen) atoms. The fourth-order valence-corrected chi connectivity index (χ4v) is 1.87. The Morgan fingerprint density at radius 2 is 2.00 bits per heavy atom. The molecule has 2 heteroatoms. The van der Waals surface area contributed by atoms with Crippen LogP contribution in [0.4, 0.5) is 0 Å². The Morgan fingerprint density at radius 3 is 2.69 bits per heavy atom. The third-order valence-electron chi connectivity index (χ3n) is 3.35. The van der Waals surface area contributed by atoms with E-state index in [2.05, 4.69) is 4.98 Å². The molecule has 2 rings (SSSR count). The number of aromatic nitrogens is 1. The van der Waals surface area contributed by atoms with Crippen LogP contribution in [0.25, 0.3) is 10.8 Å². The largest absolute Gasteiger partial charge is 0.385 e. The zero-order chi connectivity index (χ0) is 11.8. The maximum absolute atomic E-state index is 10.5. The Hall–Kier alpha value is -1.41. The highest BCUT2D eigenvalue weighted by atomic mass is 16.3. The van der Waals surface area contributed by atoms with Crippen LogP contribution in [0.5, 0.6) is 0 Å². The fraction of sp³-hybridized carbons (Fsp3) is 0.357. The first-order valence-electron chi connectivity index (χ1n) is 5.59. The van der Waals surface area contributed by atoms with Gasteiger partial charge in [-0.2, -0.15) is 0 Å². The second kappa shape index (κ2) is 3.87. The number of benzene rings is 1. The Balaban J connectivity index is 2.70. The van der Waals surface area contributed by atoms with Crippen molar-refractivity contribution in [2.75, 3.05) is 0 Å². The topological polar surface area (TPSA) is 33.1 Å². The third-order valence-corrected chi connectivity index (χ3v) is 3.35. The molecule has 1 atom stereocenters. The number of aliphatic hydroxyl groups is 1. The van der Waals surface area contributed by atoms with E-state index in [9.17, 15) is 5.11 Å². The van der Waals surface area contributed by atoms with Crippen LogP contribution in [0.3, 0.4) is 0 Å². The number of pyridine rings is 1. The molecule has 0 saturated heterocycles. The van der Waals surface area contributed by atoms with Crippen molar-refractivity contribution < 1.29 is 5.11 Å². The first-order chi connectivity index (χ1) is 7.53. The van der Waals surface area contributed by atoms with E-state index in [4.69, 9.17) is 0 Å². The summed E-state index contributed by atoms with van der Waals surface area (Å²) in [6.45, 7) is 5.91. The van der Waals surface area contributed by atoms with Gasteiger partial charge in [-0.25, -0.2) is 0 Å². The molecule has 1 aromatic carbocycles. The normalized spacial score (nSPS) is 15.3. The predicted molar refractivity (Wildman–Crippen MR) is 66.2 cm³/mol. The summed E-state index contributed by atoms with van der Waals surface area (Å²) >= 11 is 0. The molecular weight excluding hydrogens is 198 g/mol. The first-order valence-corrected chi connectivity index (χ1v) is 5.59. The molecule has 1 unspecified atom stereocenters. The highest BCUT2D eigenvalue weighted by molar-refractivity contribution is 5.85. The molecule has 84 valence electrons. The highest BCUT2D eigenvalue weighted by Gasteiger charge is 2.28. The van der Waals surface area contributed by atoms with Gasteiger partial charge in [0.15, 0.2) is 0 Å². The van der Waals surface area contributed by atoms with E-state index in [1.165, 1.54) is 0 Å². The van der Waals surface area contributed by atoms with Gasteiger partial charge in [-0.05, 0) is 29.9 Å². The van der Waals surface area contributed by atoms with Crippen molar-refractivity contribution in [1.29, 1.82) is 0 Å². The number of hydrogen-bond donors (Lipinski definition) is 1. The zero-order valence-corrected chi connectivity index (χ0v) is 9.94. The van der Waals surface area contributed by atoms with Gasteiger partial charge >= 0.3 is 0 Å². The van der Waals surface area contributed by atoms with Gasteiger partial charge in [0, 0.05) is 17.8 Å². The summed E-state index contributed by atoms with van der Waals surface area (Å²) in [5, 5.41) is 12.7. The van der Waals surface area contributed by atoms with Gasteiger partial charge in [-0.1, -0.05) is 32.0 Å². The molecule has 0 aliphatic rings. The quantitative estimate of drug-likeness (QED) is 0.835. The number of nitrogens with zero attached hydrogens (tertiary/aromatic N) is 1. The molecule has 0 fully saturated rings. The molecule has 0 radical (unpaired) electrons. The summed E-state index contributed by atoms with van der Waals surface area (Å²) < 4.78 is 0. The summed E-state index contributed by atoms with van der Waals surface area (Å²) in [5.41, 5.74) is 0.135. The van der Waals surface area contributed by atoms with Crippen LogP contribution in [0.2, 0.25) is 0 Å². The summed E-state index contributed by atoms with van der Waals surface area (Å²) in [6.07, 6.45) is 3.59. The Morgan fingerprint density at radius 1 is 1.25 bits per heavy atom. The summed E-state index contributed by atoms with van der Waals surface area (Å²) in [4.78, 5) is 4.14. The zero-order valence-electron chi connectivity index (χ0n) is 9.94. The molecule has 2 nitrogen and oxygen atoms in total. The Kier molecular flexibility index (Phi) is 2.68. The average molecular weight is 215 g/mol. The van der Waals surface area contributed by atoms with Crippen LogP contribution >= 0.6 is 0 Å². The standard InChI is InChI=1S/C14H17NO/c1-10(2)14(3,16)13-6-4-5-11-7-8-15-9-12(11)13/h4-10,16H,1-3H3. The molecule has 0 amide bonds. The monoisotopic (exact) mass is 215 g/mol. The van der Waals surface area contributed by atoms with Crippen LogP contribution < -0.4 is 0 Å². The van der Waals surface area contributed by atoms with Crippen molar-refractivity contribution >= 4 is 10.8 Å².